The fraction of sp³-hybridized carbons (Fsp3) is 0.143. The third-order valence-corrected chi connectivity index (χ3v) is 3.51. The van der Waals surface area contributed by atoms with Crippen molar-refractivity contribution >= 4 is 34.8 Å². The molecule has 2 rings (SSSR count). The zero-order chi connectivity index (χ0) is 14.0. The van der Waals surface area contributed by atoms with Gasteiger partial charge < -0.3 is 5.32 Å². The van der Waals surface area contributed by atoms with Crippen molar-refractivity contribution in [3.05, 3.63) is 57.3 Å². The van der Waals surface area contributed by atoms with Gasteiger partial charge in [0.2, 0.25) is 0 Å². The Hall–Kier alpha value is -1.58. The Morgan fingerprint density at radius 2 is 1.89 bits per heavy atom. The maximum absolute atomic E-state index is 12.1. The van der Waals surface area contributed by atoms with E-state index in [1.54, 1.807) is 24.3 Å². The molecule has 3 nitrogen and oxygen atoms in total. The predicted molar refractivity (Wildman–Crippen MR) is 78.1 cm³/mol. The number of carbonyl (C=O) groups is 1. The SMILES string of the molecule is Cc1cc(C(=O)Nc2cnc(Cl)c(C)c2)ccc1Cl. The maximum Gasteiger partial charge on any atom is 0.255 e. The molecule has 0 saturated carbocycles. The molecule has 0 aliphatic carbocycles. The first-order valence-electron chi connectivity index (χ1n) is 5.67. The molecule has 1 aromatic heterocycles. The summed E-state index contributed by atoms with van der Waals surface area (Å²) in [6, 6.07) is 6.90. The Kier molecular flexibility index (Phi) is 4.08. The highest BCUT2D eigenvalue weighted by molar-refractivity contribution is 6.31. The van der Waals surface area contributed by atoms with Gasteiger partial charge in [-0.2, -0.15) is 0 Å². The standard InChI is InChI=1S/C14H12Cl2N2O/c1-8-5-10(3-4-12(8)15)14(19)18-11-6-9(2)13(16)17-7-11/h3-7H,1-2H3,(H,18,19). The average molecular weight is 295 g/mol. The monoisotopic (exact) mass is 294 g/mol. The highest BCUT2D eigenvalue weighted by Crippen LogP contribution is 2.19. The average Bonchev–Trinajstić information content (AvgIpc) is 2.37. The number of benzene rings is 1. The van der Waals surface area contributed by atoms with Crippen LogP contribution in [-0.2, 0) is 0 Å². The summed E-state index contributed by atoms with van der Waals surface area (Å²) in [4.78, 5) is 16.0. The topological polar surface area (TPSA) is 42.0 Å². The number of amides is 1. The van der Waals surface area contributed by atoms with Gasteiger partial charge in [0.1, 0.15) is 5.15 Å². The molecule has 1 heterocycles. The molecular weight excluding hydrogens is 283 g/mol. The van der Waals surface area contributed by atoms with Crippen molar-refractivity contribution in [1.29, 1.82) is 0 Å². The smallest absolute Gasteiger partial charge is 0.255 e. The van der Waals surface area contributed by atoms with Gasteiger partial charge in [-0.05, 0) is 49.2 Å². The second-order valence-electron chi connectivity index (χ2n) is 4.25. The van der Waals surface area contributed by atoms with Gasteiger partial charge in [-0.25, -0.2) is 4.98 Å². The van der Waals surface area contributed by atoms with E-state index in [1.807, 2.05) is 13.8 Å². The van der Waals surface area contributed by atoms with E-state index in [1.165, 1.54) is 6.20 Å². The van der Waals surface area contributed by atoms with Crippen LogP contribution in [0.2, 0.25) is 10.2 Å². The number of hydrogen-bond donors (Lipinski definition) is 1. The van der Waals surface area contributed by atoms with E-state index in [0.29, 0.717) is 21.4 Å². The van der Waals surface area contributed by atoms with Crippen LogP contribution in [0.1, 0.15) is 21.5 Å². The zero-order valence-corrected chi connectivity index (χ0v) is 12.0. The number of nitrogens with zero attached hydrogens (tertiary/aromatic N) is 1. The van der Waals surface area contributed by atoms with Crippen LogP contribution in [-0.4, -0.2) is 10.9 Å². The molecule has 0 aliphatic rings. The number of rotatable bonds is 2. The fourth-order valence-corrected chi connectivity index (χ4v) is 1.84. The van der Waals surface area contributed by atoms with E-state index in [0.717, 1.165) is 11.1 Å². The van der Waals surface area contributed by atoms with Crippen molar-refractivity contribution in [1.82, 2.24) is 4.98 Å². The minimum absolute atomic E-state index is 0.205. The summed E-state index contributed by atoms with van der Waals surface area (Å²) < 4.78 is 0. The van der Waals surface area contributed by atoms with Crippen LogP contribution in [0.4, 0.5) is 5.69 Å². The number of halogens is 2. The van der Waals surface area contributed by atoms with Gasteiger partial charge in [0.15, 0.2) is 0 Å². The summed E-state index contributed by atoms with van der Waals surface area (Å²) in [5.74, 6) is -0.205. The van der Waals surface area contributed by atoms with Crippen LogP contribution in [0.15, 0.2) is 30.5 Å². The van der Waals surface area contributed by atoms with Gasteiger partial charge in [-0.3, -0.25) is 4.79 Å². The molecule has 1 amide bonds. The zero-order valence-electron chi connectivity index (χ0n) is 10.5. The van der Waals surface area contributed by atoms with Crippen molar-refractivity contribution in [3.8, 4) is 0 Å². The normalized spacial score (nSPS) is 10.3. The van der Waals surface area contributed by atoms with Crippen LogP contribution < -0.4 is 5.32 Å². The van der Waals surface area contributed by atoms with Crippen molar-refractivity contribution in [3.63, 3.8) is 0 Å². The first kappa shape index (κ1) is 13.8. The lowest BCUT2D eigenvalue weighted by Gasteiger charge is -2.07. The van der Waals surface area contributed by atoms with E-state index in [9.17, 15) is 4.79 Å². The van der Waals surface area contributed by atoms with Crippen LogP contribution in [0.3, 0.4) is 0 Å². The van der Waals surface area contributed by atoms with E-state index in [-0.39, 0.29) is 5.91 Å². The maximum atomic E-state index is 12.1. The quantitative estimate of drug-likeness (QED) is 0.841. The molecule has 0 unspecified atom stereocenters. The van der Waals surface area contributed by atoms with Crippen LogP contribution in [0.5, 0.6) is 0 Å². The van der Waals surface area contributed by atoms with Gasteiger partial charge in [0.25, 0.3) is 5.91 Å². The van der Waals surface area contributed by atoms with Gasteiger partial charge in [-0.1, -0.05) is 23.2 Å². The number of nitrogens with one attached hydrogen (secondary N) is 1. The largest absolute Gasteiger partial charge is 0.321 e. The molecular formula is C14H12Cl2N2O. The van der Waals surface area contributed by atoms with E-state index in [2.05, 4.69) is 10.3 Å². The molecule has 0 atom stereocenters. The molecule has 5 heteroatoms. The number of pyridine rings is 1. The lowest BCUT2D eigenvalue weighted by molar-refractivity contribution is 0.102. The second kappa shape index (κ2) is 5.59. The molecule has 2 aromatic rings. The molecule has 0 spiro atoms. The Labute approximate surface area is 121 Å². The Morgan fingerprint density at radius 3 is 2.53 bits per heavy atom. The van der Waals surface area contributed by atoms with Crippen LogP contribution in [0.25, 0.3) is 0 Å². The van der Waals surface area contributed by atoms with Gasteiger partial charge in [0.05, 0.1) is 11.9 Å². The van der Waals surface area contributed by atoms with E-state index >= 15 is 0 Å². The second-order valence-corrected chi connectivity index (χ2v) is 5.02. The summed E-state index contributed by atoms with van der Waals surface area (Å²) in [5.41, 5.74) is 2.83. The highest BCUT2D eigenvalue weighted by atomic mass is 35.5. The van der Waals surface area contributed by atoms with Crippen LogP contribution in [0, 0.1) is 13.8 Å². The molecule has 0 aliphatic heterocycles. The van der Waals surface area contributed by atoms with Gasteiger partial charge in [-0.15, -0.1) is 0 Å². The Balaban J connectivity index is 2.20. The Bertz CT molecular complexity index is 641. The molecule has 1 aromatic carbocycles. The first-order valence-corrected chi connectivity index (χ1v) is 6.42. The minimum atomic E-state index is -0.205. The number of anilines is 1. The van der Waals surface area contributed by atoms with Crippen molar-refractivity contribution in [2.24, 2.45) is 0 Å². The Morgan fingerprint density at radius 1 is 1.16 bits per heavy atom. The number of carbonyl (C=O) groups excluding carboxylic acids is 1. The summed E-state index contributed by atoms with van der Waals surface area (Å²) in [6.45, 7) is 3.69. The minimum Gasteiger partial charge on any atom is -0.321 e. The van der Waals surface area contributed by atoms with E-state index in [4.69, 9.17) is 23.2 Å². The number of aryl methyl sites for hydroxylation is 2. The van der Waals surface area contributed by atoms with Crippen molar-refractivity contribution in [2.75, 3.05) is 5.32 Å². The van der Waals surface area contributed by atoms with Crippen molar-refractivity contribution in [2.45, 2.75) is 13.8 Å². The van der Waals surface area contributed by atoms with Gasteiger partial charge in [0, 0.05) is 10.6 Å². The molecule has 0 bridgehead atoms. The molecule has 0 radical (unpaired) electrons. The lowest BCUT2D eigenvalue weighted by Crippen LogP contribution is -2.12. The first-order chi connectivity index (χ1) is 8.97. The summed E-state index contributed by atoms with van der Waals surface area (Å²) in [7, 11) is 0. The predicted octanol–water partition coefficient (Wildman–Crippen LogP) is 4.26. The molecule has 0 saturated heterocycles. The summed E-state index contributed by atoms with van der Waals surface area (Å²) in [6.07, 6.45) is 1.52. The summed E-state index contributed by atoms with van der Waals surface area (Å²) >= 11 is 11.8. The van der Waals surface area contributed by atoms with Crippen LogP contribution >= 0.6 is 23.2 Å². The molecule has 0 fully saturated rings. The molecule has 98 valence electrons. The van der Waals surface area contributed by atoms with Crippen molar-refractivity contribution < 1.29 is 4.79 Å². The lowest BCUT2D eigenvalue weighted by atomic mass is 10.1. The fourth-order valence-electron chi connectivity index (χ4n) is 1.62. The summed E-state index contributed by atoms with van der Waals surface area (Å²) in [5, 5.41) is 3.84. The number of aromatic nitrogens is 1. The van der Waals surface area contributed by atoms with E-state index < -0.39 is 0 Å². The molecule has 19 heavy (non-hydrogen) atoms. The third kappa shape index (κ3) is 3.25. The number of hydrogen-bond acceptors (Lipinski definition) is 2. The highest BCUT2D eigenvalue weighted by Gasteiger charge is 2.08. The molecule has 1 N–H and O–H groups in total. The third-order valence-electron chi connectivity index (χ3n) is 2.69. The van der Waals surface area contributed by atoms with Gasteiger partial charge >= 0.3 is 0 Å².